The molecule has 4 rings (SSSR count). The highest BCUT2D eigenvalue weighted by Gasteiger charge is 2.58. The fourth-order valence-corrected chi connectivity index (χ4v) is 7.56. The molecular weight excluding hydrogens is 268 g/mol. The van der Waals surface area contributed by atoms with Gasteiger partial charge in [-0.3, -0.25) is 0 Å². The number of hydrogen-bond donors (Lipinski definition) is 1. The maximum atomic E-state index is 10.1. The topological polar surface area (TPSA) is 20.2 Å². The number of aliphatic hydroxyl groups is 1. The van der Waals surface area contributed by atoms with Crippen LogP contribution in [0, 0.1) is 34.5 Å². The van der Waals surface area contributed by atoms with E-state index in [-0.39, 0.29) is 6.10 Å². The molecule has 4 aliphatic carbocycles. The summed E-state index contributed by atoms with van der Waals surface area (Å²) in [5.41, 5.74) is 2.82. The predicted octanol–water partition coefficient (Wildman–Crippen LogP) is 5.34. The third-order valence-electron chi connectivity index (χ3n) is 8.83. The maximum Gasteiger partial charge on any atom is 0.0543 e. The van der Waals surface area contributed by atoms with E-state index in [1.165, 1.54) is 44.9 Å². The molecule has 0 unspecified atom stereocenters. The van der Waals surface area contributed by atoms with Gasteiger partial charge in [0.1, 0.15) is 0 Å². The van der Waals surface area contributed by atoms with Gasteiger partial charge in [-0.25, -0.2) is 0 Å². The standard InChI is InChI=1S/C21H34O/c1-4-14-6-8-18-17-7-5-15-13-16(22)9-11-21(15,3)19(17)10-12-20(14,18)2/h4,15-19,22H,5-13H2,1-3H3/b14-4-/t15-,16-,17-,18-,19-,20+,21-/m0/s1. The molecule has 1 heteroatoms. The lowest BCUT2D eigenvalue weighted by Gasteiger charge is -2.60. The summed E-state index contributed by atoms with van der Waals surface area (Å²) < 4.78 is 0. The summed E-state index contributed by atoms with van der Waals surface area (Å²) in [4.78, 5) is 0. The van der Waals surface area contributed by atoms with E-state index in [2.05, 4.69) is 26.8 Å². The lowest BCUT2D eigenvalue weighted by Crippen LogP contribution is -2.53. The van der Waals surface area contributed by atoms with Gasteiger partial charge in [0.05, 0.1) is 6.10 Å². The molecule has 0 aromatic carbocycles. The smallest absolute Gasteiger partial charge is 0.0543 e. The Bertz CT molecular complexity index is 480. The van der Waals surface area contributed by atoms with Crippen LogP contribution in [-0.2, 0) is 0 Å². The van der Waals surface area contributed by atoms with Crippen LogP contribution in [0.5, 0.6) is 0 Å². The number of hydrogen-bond acceptors (Lipinski definition) is 1. The summed E-state index contributed by atoms with van der Waals surface area (Å²) in [6, 6.07) is 0. The molecule has 0 aromatic rings. The van der Waals surface area contributed by atoms with Crippen LogP contribution < -0.4 is 0 Å². The normalized spacial score (nSPS) is 56.4. The van der Waals surface area contributed by atoms with Gasteiger partial charge in [0.2, 0.25) is 0 Å². The highest BCUT2D eigenvalue weighted by molar-refractivity contribution is 5.23. The third kappa shape index (κ3) is 1.93. The second-order valence-electron chi connectivity index (χ2n) is 9.39. The van der Waals surface area contributed by atoms with Crippen LogP contribution in [0.2, 0.25) is 0 Å². The van der Waals surface area contributed by atoms with Crippen LogP contribution in [0.3, 0.4) is 0 Å². The third-order valence-corrected chi connectivity index (χ3v) is 8.83. The van der Waals surface area contributed by atoms with Crippen LogP contribution in [-0.4, -0.2) is 11.2 Å². The number of rotatable bonds is 0. The summed E-state index contributed by atoms with van der Waals surface area (Å²) >= 11 is 0. The molecule has 4 saturated carbocycles. The van der Waals surface area contributed by atoms with Crippen LogP contribution in [0.4, 0.5) is 0 Å². The fourth-order valence-electron chi connectivity index (χ4n) is 7.56. The molecule has 0 heterocycles. The second kappa shape index (κ2) is 5.10. The van der Waals surface area contributed by atoms with Crippen molar-refractivity contribution in [2.75, 3.05) is 0 Å². The molecule has 22 heavy (non-hydrogen) atoms. The van der Waals surface area contributed by atoms with Crippen LogP contribution in [0.25, 0.3) is 0 Å². The van der Waals surface area contributed by atoms with Crippen LogP contribution in [0.15, 0.2) is 11.6 Å². The van der Waals surface area contributed by atoms with Gasteiger partial charge in [-0.1, -0.05) is 25.5 Å². The largest absolute Gasteiger partial charge is 0.393 e. The van der Waals surface area contributed by atoms with Gasteiger partial charge in [-0.05, 0) is 99.2 Å². The Morgan fingerprint density at radius 3 is 2.59 bits per heavy atom. The van der Waals surface area contributed by atoms with Crippen LogP contribution in [0.1, 0.15) is 78.6 Å². The zero-order chi connectivity index (χ0) is 15.5. The molecule has 0 spiro atoms. The highest BCUT2D eigenvalue weighted by Crippen LogP contribution is 2.67. The van der Waals surface area contributed by atoms with E-state index in [9.17, 15) is 5.11 Å². The Kier molecular flexibility index (Phi) is 3.53. The molecule has 4 fully saturated rings. The first-order valence-electron chi connectivity index (χ1n) is 9.83. The van der Waals surface area contributed by atoms with Crippen molar-refractivity contribution in [3.05, 3.63) is 11.6 Å². The lowest BCUT2D eigenvalue weighted by atomic mass is 9.45. The van der Waals surface area contributed by atoms with Crippen LogP contribution >= 0.6 is 0 Å². The SMILES string of the molecule is C/C=C1/CC[C@H]2[C@@H]3CC[C@H]4C[C@@H](O)CC[C@]4(C)[C@H]3CC[C@]12C. The average molecular weight is 303 g/mol. The van der Waals surface area contributed by atoms with E-state index in [0.29, 0.717) is 10.8 Å². The summed E-state index contributed by atoms with van der Waals surface area (Å²) in [6.07, 6.45) is 14.3. The molecule has 0 radical (unpaired) electrons. The van der Waals surface area contributed by atoms with Crippen molar-refractivity contribution in [3.8, 4) is 0 Å². The summed E-state index contributed by atoms with van der Waals surface area (Å²) in [6.45, 7) is 7.43. The van der Waals surface area contributed by atoms with Crippen molar-refractivity contribution in [2.45, 2.75) is 84.7 Å². The minimum atomic E-state index is -0.00964. The van der Waals surface area contributed by atoms with Crippen molar-refractivity contribution in [1.82, 2.24) is 0 Å². The highest BCUT2D eigenvalue weighted by atomic mass is 16.3. The van der Waals surface area contributed by atoms with Gasteiger partial charge in [0.25, 0.3) is 0 Å². The molecule has 124 valence electrons. The number of fused-ring (bicyclic) bond motifs is 5. The summed E-state index contributed by atoms with van der Waals surface area (Å²) in [7, 11) is 0. The van der Waals surface area contributed by atoms with Crippen molar-refractivity contribution in [3.63, 3.8) is 0 Å². The van der Waals surface area contributed by atoms with E-state index >= 15 is 0 Å². The number of allylic oxidation sites excluding steroid dienone is 2. The van der Waals surface area contributed by atoms with Gasteiger partial charge in [0, 0.05) is 0 Å². The maximum absolute atomic E-state index is 10.1. The molecular formula is C21H34O. The van der Waals surface area contributed by atoms with Crippen molar-refractivity contribution < 1.29 is 5.11 Å². The Labute approximate surface area is 136 Å². The van der Waals surface area contributed by atoms with E-state index in [1.807, 2.05) is 0 Å². The van der Waals surface area contributed by atoms with Gasteiger partial charge in [-0.15, -0.1) is 0 Å². The summed E-state index contributed by atoms with van der Waals surface area (Å²) in [5.74, 6) is 3.65. The molecule has 1 nitrogen and oxygen atoms in total. The molecule has 4 aliphatic rings. The molecule has 7 atom stereocenters. The second-order valence-corrected chi connectivity index (χ2v) is 9.39. The van der Waals surface area contributed by atoms with Gasteiger partial charge < -0.3 is 5.11 Å². The van der Waals surface area contributed by atoms with Gasteiger partial charge in [0.15, 0.2) is 0 Å². The fraction of sp³-hybridized carbons (Fsp3) is 0.905. The first-order valence-corrected chi connectivity index (χ1v) is 9.83. The molecule has 1 N–H and O–H groups in total. The summed E-state index contributed by atoms with van der Waals surface area (Å²) in [5, 5.41) is 10.1. The van der Waals surface area contributed by atoms with Crippen molar-refractivity contribution >= 4 is 0 Å². The number of aliphatic hydroxyl groups excluding tert-OH is 1. The molecule has 0 bridgehead atoms. The zero-order valence-electron chi connectivity index (χ0n) is 14.8. The Morgan fingerprint density at radius 2 is 1.82 bits per heavy atom. The first kappa shape index (κ1) is 15.2. The Balaban J connectivity index is 1.63. The molecule has 0 saturated heterocycles. The quantitative estimate of drug-likeness (QED) is 0.599. The lowest BCUT2D eigenvalue weighted by molar-refractivity contribution is -0.116. The minimum absolute atomic E-state index is 0.00964. The van der Waals surface area contributed by atoms with Gasteiger partial charge >= 0.3 is 0 Å². The average Bonchev–Trinajstić information content (AvgIpc) is 2.84. The van der Waals surface area contributed by atoms with Gasteiger partial charge in [-0.2, -0.15) is 0 Å². The predicted molar refractivity (Wildman–Crippen MR) is 91.5 cm³/mol. The van der Waals surface area contributed by atoms with E-state index < -0.39 is 0 Å². The Hall–Kier alpha value is -0.300. The van der Waals surface area contributed by atoms with E-state index in [0.717, 1.165) is 36.5 Å². The molecule has 0 aromatic heterocycles. The Morgan fingerprint density at radius 1 is 1.00 bits per heavy atom. The molecule has 0 amide bonds. The first-order chi connectivity index (χ1) is 10.5. The monoisotopic (exact) mass is 302 g/mol. The molecule has 0 aliphatic heterocycles. The minimum Gasteiger partial charge on any atom is -0.393 e. The van der Waals surface area contributed by atoms with E-state index in [4.69, 9.17) is 0 Å². The van der Waals surface area contributed by atoms with E-state index in [1.54, 1.807) is 5.57 Å². The zero-order valence-corrected chi connectivity index (χ0v) is 14.8. The van der Waals surface area contributed by atoms with Crippen molar-refractivity contribution in [1.29, 1.82) is 0 Å². The van der Waals surface area contributed by atoms with Crippen molar-refractivity contribution in [2.24, 2.45) is 34.5 Å².